The zero-order valence-corrected chi connectivity index (χ0v) is 10.6. The highest BCUT2D eigenvalue weighted by Gasteiger charge is 2.05. The zero-order chi connectivity index (χ0) is 14.4. The molecule has 1 amide bonds. The molecule has 2 aromatic rings. The number of benzene rings is 2. The molecule has 2 rings (SSSR count). The number of hydrogen-bond donors (Lipinski definition) is 2. The first-order valence-corrected chi connectivity index (χ1v) is 5.98. The van der Waals surface area contributed by atoms with E-state index >= 15 is 0 Å². The van der Waals surface area contributed by atoms with Crippen LogP contribution in [0.1, 0.15) is 15.9 Å². The summed E-state index contributed by atoms with van der Waals surface area (Å²) in [5, 5.41) is 11.4. The third kappa shape index (κ3) is 3.84. The predicted octanol–water partition coefficient (Wildman–Crippen LogP) is 2.67. The van der Waals surface area contributed by atoms with Gasteiger partial charge in [-0.25, -0.2) is 9.59 Å². The van der Waals surface area contributed by atoms with E-state index in [9.17, 15) is 9.59 Å². The molecular formula is C15H13NO4. The second-order valence-corrected chi connectivity index (χ2v) is 4.06. The van der Waals surface area contributed by atoms with Crippen LogP contribution in [-0.2, 0) is 6.54 Å². The third-order valence-electron chi connectivity index (χ3n) is 2.59. The van der Waals surface area contributed by atoms with Crippen LogP contribution >= 0.6 is 0 Å². The summed E-state index contributed by atoms with van der Waals surface area (Å²) in [5.41, 5.74) is 1.00. The number of rotatable bonds is 4. The summed E-state index contributed by atoms with van der Waals surface area (Å²) in [6, 6.07) is 15.0. The van der Waals surface area contributed by atoms with Crippen LogP contribution in [-0.4, -0.2) is 17.2 Å². The number of carbonyl (C=O) groups excluding carboxylic acids is 1. The Bertz CT molecular complexity index is 593. The molecule has 0 aromatic heterocycles. The number of carboxylic acid groups (broad SMARTS) is 1. The molecule has 0 unspecified atom stereocenters. The molecule has 0 aliphatic rings. The number of ether oxygens (including phenoxy) is 1. The molecule has 0 aliphatic heterocycles. The fourth-order valence-corrected chi connectivity index (χ4v) is 1.57. The molecule has 102 valence electrons. The first-order valence-electron chi connectivity index (χ1n) is 5.98. The Labute approximate surface area is 115 Å². The molecule has 5 nitrogen and oxygen atoms in total. The maximum Gasteiger partial charge on any atom is 0.412 e. The normalized spacial score (nSPS) is 9.80. The van der Waals surface area contributed by atoms with Gasteiger partial charge in [-0.2, -0.15) is 0 Å². The summed E-state index contributed by atoms with van der Waals surface area (Å²) in [4.78, 5) is 22.2. The number of carboxylic acids is 1. The summed E-state index contributed by atoms with van der Waals surface area (Å²) in [6.45, 7) is 0.269. The quantitative estimate of drug-likeness (QED) is 0.896. The van der Waals surface area contributed by atoms with Gasteiger partial charge >= 0.3 is 12.1 Å². The number of nitrogens with one attached hydrogen (secondary N) is 1. The maximum absolute atomic E-state index is 11.5. The van der Waals surface area contributed by atoms with Gasteiger partial charge in [0.25, 0.3) is 0 Å². The minimum absolute atomic E-state index is 0.209. The Kier molecular flexibility index (Phi) is 4.34. The number of para-hydroxylation sites is 1. The van der Waals surface area contributed by atoms with E-state index in [1.54, 1.807) is 36.4 Å². The average Bonchev–Trinajstić information content (AvgIpc) is 2.46. The molecular weight excluding hydrogens is 258 g/mol. The number of carbonyl (C=O) groups is 2. The van der Waals surface area contributed by atoms with E-state index in [1.807, 2.05) is 6.07 Å². The summed E-state index contributed by atoms with van der Waals surface area (Å²) >= 11 is 0. The van der Waals surface area contributed by atoms with E-state index in [2.05, 4.69) is 5.32 Å². The Hall–Kier alpha value is -2.82. The van der Waals surface area contributed by atoms with Crippen LogP contribution in [0.4, 0.5) is 4.79 Å². The highest BCUT2D eigenvalue weighted by molar-refractivity contribution is 5.87. The lowest BCUT2D eigenvalue weighted by molar-refractivity contribution is 0.0697. The van der Waals surface area contributed by atoms with Gasteiger partial charge in [0.15, 0.2) is 0 Å². The van der Waals surface area contributed by atoms with Gasteiger partial charge in [-0.3, -0.25) is 0 Å². The van der Waals surface area contributed by atoms with Crippen LogP contribution < -0.4 is 10.1 Å². The second-order valence-electron chi connectivity index (χ2n) is 4.06. The first-order chi connectivity index (χ1) is 9.65. The first kappa shape index (κ1) is 13.6. The van der Waals surface area contributed by atoms with Crippen molar-refractivity contribution in [1.82, 2.24) is 5.32 Å². The maximum atomic E-state index is 11.5. The molecule has 0 saturated carbocycles. The van der Waals surface area contributed by atoms with Crippen LogP contribution in [0.2, 0.25) is 0 Å². The highest BCUT2D eigenvalue weighted by Crippen LogP contribution is 2.08. The molecule has 0 radical (unpaired) electrons. The molecule has 0 spiro atoms. The van der Waals surface area contributed by atoms with Crippen molar-refractivity contribution in [2.45, 2.75) is 6.54 Å². The number of amides is 1. The Morgan fingerprint density at radius 2 is 1.65 bits per heavy atom. The van der Waals surface area contributed by atoms with Gasteiger partial charge in [0.05, 0.1) is 5.56 Å². The van der Waals surface area contributed by atoms with Crippen molar-refractivity contribution >= 4 is 12.1 Å². The van der Waals surface area contributed by atoms with Gasteiger partial charge in [0, 0.05) is 6.54 Å². The van der Waals surface area contributed by atoms with Gasteiger partial charge in [0.1, 0.15) is 5.75 Å². The molecule has 2 N–H and O–H groups in total. The van der Waals surface area contributed by atoms with E-state index in [0.717, 1.165) is 5.56 Å². The van der Waals surface area contributed by atoms with Crippen LogP contribution in [0.3, 0.4) is 0 Å². The van der Waals surface area contributed by atoms with Gasteiger partial charge in [-0.05, 0) is 29.8 Å². The highest BCUT2D eigenvalue weighted by atomic mass is 16.6. The lowest BCUT2D eigenvalue weighted by Crippen LogP contribution is -2.26. The lowest BCUT2D eigenvalue weighted by atomic mass is 10.1. The van der Waals surface area contributed by atoms with E-state index in [1.165, 1.54) is 12.1 Å². The average molecular weight is 271 g/mol. The fourth-order valence-electron chi connectivity index (χ4n) is 1.57. The standard InChI is InChI=1S/C15H13NO4/c17-14(18)12-8-6-11(7-9-12)10-16-15(19)20-13-4-2-1-3-5-13/h1-9H,10H2,(H,16,19)(H,17,18). The molecule has 0 atom stereocenters. The molecule has 0 heterocycles. The van der Waals surface area contributed by atoms with E-state index in [0.29, 0.717) is 5.75 Å². The Morgan fingerprint density at radius 1 is 1.00 bits per heavy atom. The molecule has 20 heavy (non-hydrogen) atoms. The van der Waals surface area contributed by atoms with Gasteiger partial charge in [-0.1, -0.05) is 30.3 Å². The zero-order valence-electron chi connectivity index (χ0n) is 10.6. The fraction of sp³-hybridized carbons (Fsp3) is 0.0667. The number of aromatic carboxylic acids is 1. The summed E-state index contributed by atoms with van der Waals surface area (Å²) in [5.74, 6) is -0.515. The monoisotopic (exact) mass is 271 g/mol. The van der Waals surface area contributed by atoms with Gasteiger partial charge in [-0.15, -0.1) is 0 Å². The van der Waals surface area contributed by atoms with Crippen LogP contribution in [0.15, 0.2) is 54.6 Å². The van der Waals surface area contributed by atoms with Crippen molar-refractivity contribution in [3.8, 4) is 5.75 Å². The molecule has 0 saturated heterocycles. The largest absolute Gasteiger partial charge is 0.478 e. The summed E-state index contributed by atoms with van der Waals surface area (Å²) in [6.07, 6.45) is -0.557. The lowest BCUT2D eigenvalue weighted by Gasteiger charge is -2.06. The second kappa shape index (κ2) is 6.38. The minimum Gasteiger partial charge on any atom is -0.478 e. The van der Waals surface area contributed by atoms with Crippen molar-refractivity contribution in [3.63, 3.8) is 0 Å². The SMILES string of the molecule is O=C(NCc1ccc(C(=O)O)cc1)Oc1ccccc1. The van der Waals surface area contributed by atoms with Crippen LogP contribution in [0.25, 0.3) is 0 Å². The van der Waals surface area contributed by atoms with Crippen molar-refractivity contribution in [1.29, 1.82) is 0 Å². The molecule has 5 heteroatoms. The van der Waals surface area contributed by atoms with Crippen LogP contribution in [0.5, 0.6) is 5.75 Å². The van der Waals surface area contributed by atoms with E-state index < -0.39 is 12.1 Å². The van der Waals surface area contributed by atoms with Gasteiger partial charge in [0.2, 0.25) is 0 Å². The Morgan fingerprint density at radius 3 is 2.25 bits per heavy atom. The third-order valence-corrected chi connectivity index (χ3v) is 2.59. The van der Waals surface area contributed by atoms with Crippen molar-refractivity contribution in [2.24, 2.45) is 0 Å². The van der Waals surface area contributed by atoms with E-state index in [4.69, 9.17) is 9.84 Å². The van der Waals surface area contributed by atoms with Crippen LogP contribution in [0, 0.1) is 0 Å². The minimum atomic E-state index is -0.979. The molecule has 0 aliphatic carbocycles. The molecule has 0 fully saturated rings. The number of hydrogen-bond acceptors (Lipinski definition) is 3. The van der Waals surface area contributed by atoms with E-state index in [-0.39, 0.29) is 12.1 Å². The Balaban J connectivity index is 1.85. The summed E-state index contributed by atoms with van der Waals surface area (Å²) < 4.78 is 5.05. The predicted molar refractivity (Wildman–Crippen MR) is 72.7 cm³/mol. The van der Waals surface area contributed by atoms with Gasteiger partial charge < -0.3 is 15.2 Å². The smallest absolute Gasteiger partial charge is 0.412 e. The molecule has 2 aromatic carbocycles. The van der Waals surface area contributed by atoms with Crippen molar-refractivity contribution in [3.05, 3.63) is 65.7 Å². The summed E-state index contributed by atoms with van der Waals surface area (Å²) in [7, 11) is 0. The van der Waals surface area contributed by atoms with Crippen molar-refractivity contribution < 1.29 is 19.4 Å². The van der Waals surface area contributed by atoms with Crippen molar-refractivity contribution in [2.75, 3.05) is 0 Å². The topological polar surface area (TPSA) is 75.6 Å². The molecule has 0 bridgehead atoms.